The number of hydrogen-bond acceptors (Lipinski definition) is 3. The van der Waals surface area contributed by atoms with Crippen LogP contribution in [0, 0.1) is 5.82 Å². The zero-order valence-corrected chi connectivity index (χ0v) is 13.1. The Kier molecular flexibility index (Phi) is 5.26. The second-order valence-corrected chi connectivity index (χ2v) is 4.99. The predicted octanol–water partition coefficient (Wildman–Crippen LogP) is 2.40. The first kappa shape index (κ1) is 17.1. The summed E-state index contributed by atoms with van der Waals surface area (Å²) in [6.45, 7) is 1.32. The maximum Gasteiger partial charge on any atom is 0.258 e. The van der Waals surface area contributed by atoms with Gasteiger partial charge in [-0.2, -0.15) is 0 Å². The third-order valence-electron chi connectivity index (χ3n) is 3.16. The van der Waals surface area contributed by atoms with Gasteiger partial charge in [0.1, 0.15) is 5.82 Å². The molecular formula is C17H16FN3O3. The zero-order valence-electron chi connectivity index (χ0n) is 13.1. The first-order valence-electron chi connectivity index (χ1n) is 7.11. The number of hydrogen-bond donors (Lipinski definition) is 3. The number of benzene rings is 2. The summed E-state index contributed by atoms with van der Waals surface area (Å²) in [5.41, 5.74) is 0.979. The van der Waals surface area contributed by atoms with E-state index in [0.717, 1.165) is 6.07 Å². The molecule has 0 aliphatic carbocycles. The Morgan fingerprint density at radius 3 is 2.08 bits per heavy atom. The van der Waals surface area contributed by atoms with Crippen molar-refractivity contribution in [2.75, 3.05) is 17.7 Å². The Hall–Kier alpha value is -3.22. The smallest absolute Gasteiger partial charge is 0.258 e. The van der Waals surface area contributed by atoms with Gasteiger partial charge in [-0.1, -0.05) is 0 Å². The molecule has 0 heterocycles. The van der Waals surface area contributed by atoms with Crippen molar-refractivity contribution in [2.24, 2.45) is 0 Å². The minimum Gasteiger partial charge on any atom is -0.355 e. The van der Waals surface area contributed by atoms with Crippen LogP contribution in [0.4, 0.5) is 15.8 Å². The van der Waals surface area contributed by atoms with E-state index >= 15 is 0 Å². The fraction of sp³-hybridized carbons (Fsp3) is 0.118. The summed E-state index contributed by atoms with van der Waals surface area (Å²) in [5, 5.41) is 7.51. The summed E-state index contributed by atoms with van der Waals surface area (Å²) < 4.78 is 13.8. The van der Waals surface area contributed by atoms with Gasteiger partial charge in [0.05, 0.1) is 5.56 Å². The van der Waals surface area contributed by atoms with E-state index in [2.05, 4.69) is 16.0 Å². The Morgan fingerprint density at radius 1 is 0.875 bits per heavy atom. The average Bonchev–Trinajstić information content (AvgIpc) is 2.56. The van der Waals surface area contributed by atoms with Crippen molar-refractivity contribution in [1.82, 2.24) is 5.32 Å². The number of halogens is 1. The lowest BCUT2D eigenvalue weighted by atomic mass is 10.1. The van der Waals surface area contributed by atoms with E-state index < -0.39 is 11.7 Å². The molecule has 3 amide bonds. The van der Waals surface area contributed by atoms with E-state index in [1.807, 2.05) is 0 Å². The van der Waals surface area contributed by atoms with Crippen LogP contribution in [0.5, 0.6) is 0 Å². The van der Waals surface area contributed by atoms with Crippen LogP contribution in [0.3, 0.4) is 0 Å². The average molecular weight is 329 g/mol. The van der Waals surface area contributed by atoms with Gasteiger partial charge in [0.15, 0.2) is 0 Å². The third-order valence-corrected chi connectivity index (χ3v) is 3.16. The molecule has 0 radical (unpaired) electrons. The quantitative estimate of drug-likeness (QED) is 0.805. The Bertz CT molecular complexity index is 788. The van der Waals surface area contributed by atoms with Crippen molar-refractivity contribution in [1.29, 1.82) is 0 Å². The van der Waals surface area contributed by atoms with Gasteiger partial charge in [-0.3, -0.25) is 14.4 Å². The molecule has 2 aromatic carbocycles. The summed E-state index contributed by atoms with van der Waals surface area (Å²) >= 11 is 0. The van der Waals surface area contributed by atoms with Gasteiger partial charge in [0.2, 0.25) is 5.91 Å². The lowest BCUT2D eigenvalue weighted by molar-refractivity contribution is -0.114. The molecule has 2 rings (SSSR count). The van der Waals surface area contributed by atoms with Gasteiger partial charge in [-0.05, 0) is 42.5 Å². The van der Waals surface area contributed by atoms with E-state index in [4.69, 9.17) is 0 Å². The Balaban J connectivity index is 2.17. The van der Waals surface area contributed by atoms with Crippen molar-refractivity contribution in [3.8, 4) is 0 Å². The summed E-state index contributed by atoms with van der Waals surface area (Å²) in [4.78, 5) is 34.7. The van der Waals surface area contributed by atoms with E-state index in [9.17, 15) is 18.8 Å². The predicted molar refractivity (Wildman–Crippen MR) is 88.5 cm³/mol. The Morgan fingerprint density at radius 2 is 1.50 bits per heavy atom. The minimum absolute atomic E-state index is 0.198. The maximum atomic E-state index is 13.8. The molecule has 6 nitrogen and oxygen atoms in total. The standard InChI is InChI=1S/C17H16FN3O3/c1-10(22)20-13-7-8-15(18)14(9-13)17(24)21-12-5-3-11(4-6-12)16(23)19-2/h3-9H,1-2H3,(H,19,23)(H,20,22)(H,21,24). The van der Waals surface area contributed by atoms with E-state index in [1.165, 1.54) is 38.2 Å². The number of amides is 3. The molecule has 124 valence electrons. The first-order chi connectivity index (χ1) is 11.4. The molecule has 0 unspecified atom stereocenters. The zero-order chi connectivity index (χ0) is 17.7. The van der Waals surface area contributed by atoms with Crippen LogP contribution in [0.1, 0.15) is 27.6 Å². The van der Waals surface area contributed by atoms with Crippen LogP contribution in [0.15, 0.2) is 42.5 Å². The van der Waals surface area contributed by atoms with Crippen LogP contribution in [0.2, 0.25) is 0 Å². The number of rotatable bonds is 4. The highest BCUT2D eigenvalue weighted by Gasteiger charge is 2.13. The van der Waals surface area contributed by atoms with Crippen molar-refractivity contribution in [3.63, 3.8) is 0 Å². The van der Waals surface area contributed by atoms with E-state index in [-0.39, 0.29) is 17.4 Å². The fourth-order valence-corrected chi connectivity index (χ4v) is 2.03. The lowest BCUT2D eigenvalue weighted by Gasteiger charge is -2.09. The maximum absolute atomic E-state index is 13.8. The summed E-state index contributed by atoms with van der Waals surface area (Å²) in [6.07, 6.45) is 0. The molecule has 7 heteroatoms. The summed E-state index contributed by atoms with van der Waals surface area (Å²) in [7, 11) is 1.52. The highest BCUT2D eigenvalue weighted by molar-refractivity contribution is 6.05. The van der Waals surface area contributed by atoms with Crippen LogP contribution < -0.4 is 16.0 Å². The number of nitrogens with one attached hydrogen (secondary N) is 3. The van der Waals surface area contributed by atoms with Crippen molar-refractivity contribution in [3.05, 3.63) is 59.4 Å². The molecule has 0 bridgehead atoms. The summed E-state index contributed by atoms with van der Waals surface area (Å²) in [5.74, 6) is -1.93. The largest absolute Gasteiger partial charge is 0.355 e. The molecule has 0 saturated carbocycles. The molecule has 0 fully saturated rings. The molecule has 0 saturated heterocycles. The van der Waals surface area contributed by atoms with Gasteiger partial charge in [-0.15, -0.1) is 0 Å². The monoisotopic (exact) mass is 329 g/mol. The molecule has 0 aliphatic rings. The molecule has 3 N–H and O–H groups in total. The molecule has 0 atom stereocenters. The Labute approximate surface area is 138 Å². The fourth-order valence-electron chi connectivity index (χ4n) is 2.03. The van der Waals surface area contributed by atoms with Crippen LogP contribution >= 0.6 is 0 Å². The number of carbonyl (C=O) groups excluding carboxylic acids is 3. The normalized spacial score (nSPS) is 9.96. The lowest BCUT2D eigenvalue weighted by Crippen LogP contribution is -2.18. The van der Waals surface area contributed by atoms with Gasteiger partial charge >= 0.3 is 0 Å². The molecule has 2 aromatic rings. The molecule has 0 aliphatic heterocycles. The number of carbonyl (C=O) groups is 3. The van der Waals surface area contributed by atoms with E-state index in [1.54, 1.807) is 12.1 Å². The molecule has 0 spiro atoms. The number of anilines is 2. The molecule has 0 aromatic heterocycles. The van der Waals surface area contributed by atoms with E-state index in [0.29, 0.717) is 16.9 Å². The van der Waals surface area contributed by atoms with Crippen LogP contribution in [0.25, 0.3) is 0 Å². The minimum atomic E-state index is -0.705. The molecular weight excluding hydrogens is 313 g/mol. The van der Waals surface area contributed by atoms with Gasteiger partial charge in [-0.25, -0.2) is 4.39 Å². The van der Waals surface area contributed by atoms with Gasteiger partial charge in [0, 0.05) is 30.9 Å². The third kappa shape index (κ3) is 4.16. The SMILES string of the molecule is CNC(=O)c1ccc(NC(=O)c2cc(NC(C)=O)ccc2F)cc1. The van der Waals surface area contributed by atoms with Gasteiger partial charge in [0.25, 0.3) is 11.8 Å². The van der Waals surface area contributed by atoms with Crippen molar-refractivity contribution in [2.45, 2.75) is 6.92 Å². The molecule has 24 heavy (non-hydrogen) atoms. The second-order valence-electron chi connectivity index (χ2n) is 4.99. The van der Waals surface area contributed by atoms with Gasteiger partial charge < -0.3 is 16.0 Å². The van der Waals surface area contributed by atoms with Crippen molar-refractivity contribution < 1.29 is 18.8 Å². The topological polar surface area (TPSA) is 87.3 Å². The van der Waals surface area contributed by atoms with Crippen LogP contribution in [-0.4, -0.2) is 24.8 Å². The highest BCUT2D eigenvalue weighted by Crippen LogP contribution is 2.17. The highest BCUT2D eigenvalue weighted by atomic mass is 19.1. The van der Waals surface area contributed by atoms with Crippen LogP contribution in [-0.2, 0) is 4.79 Å². The second kappa shape index (κ2) is 7.36. The first-order valence-corrected chi connectivity index (χ1v) is 7.11. The summed E-state index contributed by atoms with van der Waals surface area (Å²) in [6, 6.07) is 9.89. The van der Waals surface area contributed by atoms with Crippen molar-refractivity contribution >= 4 is 29.1 Å².